The highest BCUT2D eigenvalue weighted by Crippen LogP contribution is 2.46. The summed E-state index contributed by atoms with van der Waals surface area (Å²) in [5.74, 6) is 0.729. The second kappa shape index (κ2) is 4.55. The van der Waals surface area contributed by atoms with Crippen molar-refractivity contribution in [3.8, 4) is 5.75 Å². The van der Waals surface area contributed by atoms with Crippen LogP contribution in [0.25, 0.3) is 0 Å². The van der Waals surface area contributed by atoms with Crippen LogP contribution < -0.4 is 10.5 Å². The van der Waals surface area contributed by atoms with Gasteiger partial charge in [-0.05, 0) is 31.0 Å². The van der Waals surface area contributed by atoms with Gasteiger partial charge in [-0.25, -0.2) is 8.42 Å². The lowest BCUT2D eigenvalue weighted by Gasteiger charge is -2.42. The van der Waals surface area contributed by atoms with Crippen molar-refractivity contribution in [1.82, 2.24) is 0 Å². The number of methoxy groups -OCH3 is 1. The lowest BCUT2D eigenvalue weighted by molar-refractivity contribution is 0.243. The lowest BCUT2D eigenvalue weighted by Crippen LogP contribution is -2.41. The van der Waals surface area contributed by atoms with Crippen molar-refractivity contribution in [2.24, 2.45) is 5.73 Å². The zero-order valence-corrected chi connectivity index (χ0v) is 11.6. The minimum Gasteiger partial charge on any atom is -0.496 e. The number of benzene rings is 1. The van der Waals surface area contributed by atoms with Gasteiger partial charge in [0.2, 0.25) is 0 Å². The number of rotatable bonds is 4. The van der Waals surface area contributed by atoms with Gasteiger partial charge in [0, 0.05) is 23.8 Å². The third-order valence-electron chi connectivity index (χ3n) is 3.87. The molecular weight excluding hydrogens is 250 g/mol. The molecule has 5 heteroatoms. The van der Waals surface area contributed by atoms with Crippen molar-refractivity contribution in [2.45, 2.75) is 29.6 Å². The second-order valence-electron chi connectivity index (χ2n) is 4.97. The quantitative estimate of drug-likeness (QED) is 0.899. The molecule has 0 atom stereocenters. The van der Waals surface area contributed by atoms with E-state index >= 15 is 0 Å². The fourth-order valence-electron chi connectivity index (χ4n) is 2.52. The maximum Gasteiger partial charge on any atom is 0.175 e. The fourth-order valence-corrected chi connectivity index (χ4v) is 3.17. The Kier molecular flexibility index (Phi) is 3.38. The van der Waals surface area contributed by atoms with Crippen LogP contribution in [-0.4, -0.2) is 28.3 Å². The highest BCUT2D eigenvalue weighted by atomic mass is 32.2. The van der Waals surface area contributed by atoms with Gasteiger partial charge >= 0.3 is 0 Å². The first-order chi connectivity index (χ1) is 8.43. The van der Waals surface area contributed by atoms with E-state index in [2.05, 4.69) is 0 Å². The van der Waals surface area contributed by atoms with E-state index in [1.54, 1.807) is 25.3 Å². The summed E-state index contributed by atoms with van der Waals surface area (Å²) in [5, 5.41) is 0. The fraction of sp³-hybridized carbons (Fsp3) is 0.538. The van der Waals surface area contributed by atoms with Crippen molar-refractivity contribution < 1.29 is 13.2 Å². The van der Waals surface area contributed by atoms with E-state index in [1.165, 1.54) is 6.26 Å². The molecule has 1 aliphatic carbocycles. The maximum absolute atomic E-state index is 11.6. The SMILES string of the molecule is COc1ccc(S(C)(=O)=O)cc1C1(CN)CCC1. The van der Waals surface area contributed by atoms with E-state index in [1.807, 2.05) is 0 Å². The van der Waals surface area contributed by atoms with Gasteiger partial charge in [0.05, 0.1) is 12.0 Å². The number of hydrogen-bond acceptors (Lipinski definition) is 4. The number of sulfone groups is 1. The first-order valence-corrected chi connectivity index (χ1v) is 7.91. The molecule has 4 nitrogen and oxygen atoms in total. The Morgan fingerprint density at radius 2 is 2.06 bits per heavy atom. The van der Waals surface area contributed by atoms with Gasteiger partial charge in [0.1, 0.15) is 5.75 Å². The summed E-state index contributed by atoms with van der Waals surface area (Å²) in [6.45, 7) is 0.524. The molecule has 1 fully saturated rings. The topological polar surface area (TPSA) is 69.4 Å². The van der Waals surface area contributed by atoms with Crippen LogP contribution in [0.3, 0.4) is 0 Å². The van der Waals surface area contributed by atoms with Crippen LogP contribution >= 0.6 is 0 Å². The zero-order chi connectivity index (χ0) is 13.4. The van der Waals surface area contributed by atoms with Crippen molar-refractivity contribution in [2.75, 3.05) is 19.9 Å². The molecule has 1 aliphatic rings. The molecule has 0 aliphatic heterocycles. The van der Waals surface area contributed by atoms with Gasteiger partial charge in [-0.1, -0.05) is 6.42 Å². The molecule has 0 heterocycles. The van der Waals surface area contributed by atoms with E-state index in [4.69, 9.17) is 10.5 Å². The number of ether oxygens (including phenoxy) is 1. The smallest absolute Gasteiger partial charge is 0.175 e. The van der Waals surface area contributed by atoms with Crippen LogP contribution in [-0.2, 0) is 15.3 Å². The van der Waals surface area contributed by atoms with Crippen molar-refractivity contribution in [3.05, 3.63) is 23.8 Å². The van der Waals surface area contributed by atoms with Crippen molar-refractivity contribution in [3.63, 3.8) is 0 Å². The monoisotopic (exact) mass is 269 g/mol. The molecule has 0 aromatic heterocycles. The Hall–Kier alpha value is -1.07. The minimum atomic E-state index is -3.20. The predicted octanol–water partition coefficient (Wildman–Crippen LogP) is 1.48. The third-order valence-corrected chi connectivity index (χ3v) is 4.98. The Morgan fingerprint density at radius 1 is 1.39 bits per heavy atom. The summed E-state index contributed by atoms with van der Waals surface area (Å²) < 4.78 is 28.6. The van der Waals surface area contributed by atoms with Gasteiger partial charge in [-0.15, -0.1) is 0 Å². The molecule has 0 radical (unpaired) electrons. The molecule has 1 aromatic rings. The summed E-state index contributed by atoms with van der Waals surface area (Å²) >= 11 is 0. The van der Waals surface area contributed by atoms with E-state index in [0.717, 1.165) is 30.6 Å². The minimum absolute atomic E-state index is 0.105. The van der Waals surface area contributed by atoms with Gasteiger partial charge in [0.15, 0.2) is 9.84 Å². The summed E-state index contributed by atoms with van der Waals surface area (Å²) in [5.41, 5.74) is 6.71. The van der Waals surface area contributed by atoms with Crippen LogP contribution in [0, 0.1) is 0 Å². The molecule has 0 unspecified atom stereocenters. The third kappa shape index (κ3) is 2.12. The Morgan fingerprint density at radius 3 is 2.44 bits per heavy atom. The average molecular weight is 269 g/mol. The van der Waals surface area contributed by atoms with E-state index < -0.39 is 9.84 Å². The molecule has 0 bridgehead atoms. The second-order valence-corrected chi connectivity index (χ2v) is 6.99. The van der Waals surface area contributed by atoms with Crippen LogP contribution in [0.4, 0.5) is 0 Å². The van der Waals surface area contributed by atoms with Gasteiger partial charge < -0.3 is 10.5 Å². The summed E-state index contributed by atoms with van der Waals surface area (Å²) in [6, 6.07) is 5.03. The molecule has 1 aromatic carbocycles. The molecule has 0 saturated heterocycles. The first-order valence-electron chi connectivity index (χ1n) is 6.02. The zero-order valence-electron chi connectivity index (χ0n) is 10.8. The van der Waals surface area contributed by atoms with E-state index in [-0.39, 0.29) is 5.41 Å². The van der Waals surface area contributed by atoms with E-state index in [9.17, 15) is 8.42 Å². The van der Waals surface area contributed by atoms with Gasteiger partial charge in [0.25, 0.3) is 0 Å². The molecule has 100 valence electrons. The molecule has 1 saturated carbocycles. The highest BCUT2D eigenvalue weighted by Gasteiger charge is 2.39. The standard InChI is InChI=1S/C13H19NO3S/c1-17-12-5-4-10(18(2,15)16)8-11(12)13(9-14)6-3-7-13/h4-5,8H,3,6-7,9,14H2,1-2H3. The largest absolute Gasteiger partial charge is 0.496 e. The molecule has 18 heavy (non-hydrogen) atoms. The molecular formula is C13H19NO3S. The Labute approximate surface area is 108 Å². The normalized spacial score (nSPS) is 18.2. The molecule has 2 rings (SSSR count). The number of hydrogen-bond donors (Lipinski definition) is 1. The van der Waals surface area contributed by atoms with E-state index in [0.29, 0.717) is 11.4 Å². The van der Waals surface area contributed by atoms with Crippen LogP contribution in [0.2, 0.25) is 0 Å². The predicted molar refractivity (Wildman–Crippen MR) is 70.7 cm³/mol. The molecule has 2 N–H and O–H groups in total. The molecule has 0 spiro atoms. The number of nitrogens with two attached hydrogens (primary N) is 1. The maximum atomic E-state index is 11.6. The van der Waals surface area contributed by atoms with Crippen LogP contribution in [0.5, 0.6) is 5.75 Å². The summed E-state index contributed by atoms with van der Waals surface area (Å²) in [6.07, 6.45) is 4.33. The Bertz CT molecular complexity index is 542. The van der Waals surface area contributed by atoms with Crippen molar-refractivity contribution in [1.29, 1.82) is 0 Å². The van der Waals surface area contributed by atoms with Gasteiger partial charge in [-0.2, -0.15) is 0 Å². The molecule has 0 amide bonds. The first kappa shape index (κ1) is 13.4. The average Bonchev–Trinajstić information content (AvgIpc) is 2.27. The Balaban J connectivity index is 2.56. The summed E-state index contributed by atoms with van der Waals surface area (Å²) in [4.78, 5) is 0.332. The van der Waals surface area contributed by atoms with Gasteiger partial charge in [-0.3, -0.25) is 0 Å². The highest BCUT2D eigenvalue weighted by molar-refractivity contribution is 7.90. The lowest BCUT2D eigenvalue weighted by atomic mass is 9.64. The summed E-state index contributed by atoms with van der Waals surface area (Å²) in [7, 11) is -1.60. The van der Waals surface area contributed by atoms with Crippen molar-refractivity contribution >= 4 is 9.84 Å². The van der Waals surface area contributed by atoms with Crippen LogP contribution in [0.15, 0.2) is 23.1 Å². The van der Waals surface area contributed by atoms with Crippen LogP contribution in [0.1, 0.15) is 24.8 Å².